The summed E-state index contributed by atoms with van der Waals surface area (Å²) in [6.45, 7) is 9.63. The predicted octanol–water partition coefficient (Wildman–Crippen LogP) is 2.88. The molecule has 0 spiro atoms. The number of aliphatic imine (C=N–C) groups is 1. The Morgan fingerprint density at radius 1 is 1.55 bits per heavy atom. The van der Waals surface area contributed by atoms with Gasteiger partial charge in [0.05, 0.1) is 6.26 Å². The molecule has 124 valence electrons. The molecule has 5 nitrogen and oxygen atoms in total. The number of furan rings is 1. The average molecular weight is 307 g/mol. The molecule has 22 heavy (non-hydrogen) atoms. The van der Waals surface area contributed by atoms with Crippen LogP contribution in [-0.2, 0) is 11.3 Å². The van der Waals surface area contributed by atoms with Crippen molar-refractivity contribution in [2.24, 2.45) is 10.9 Å². The maximum atomic E-state index is 5.59. The van der Waals surface area contributed by atoms with Crippen LogP contribution in [0.1, 0.15) is 38.9 Å². The standard InChI is InChI=1S/C17H29N3O2/c1-3-18-17(20-10-4-7-15(2)13-20)19-9-6-11-21-14-16-8-5-12-22-16/h5,8,12,15H,3-4,6-7,9-11,13-14H2,1-2H3,(H,18,19). The number of guanidine groups is 1. The van der Waals surface area contributed by atoms with Gasteiger partial charge in [-0.15, -0.1) is 0 Å². The number of rotatable bonds is 7. The fourth-order valence-electron chi connectivity index (χ4n) is 2.73. The molecule has 1 aromatic heterocycles. The van der Waals surface area contributed by atoms with E-state index in [-0.39, 0.29) is 0 Å². The number of hydrogen-bond donors (Lipinski definition) is 1. The molecule has 1 aliphatic rings. The predicted molar refractivity (Wildman–Crippen MR) is 88.9 cm³/mol. The summed E-state index contributed by atoms with van der Waals surface area (Å²) in [6, 6.07) is 3.81. The molecule has 1 N–H and O–H groups in total. The van der Waals surface area contributed by atoms with E-state index in [1.807, 2.05) is 12.1 Å². The van der Waals surface area contributed by atoms with Crippen molar-refractivity contribution < 1.29 is 9.15 Å². The first kappa shape index (κ1) is 16.9. The number of nitrogens with zero attached hydrogens (tertiary/aromatic N) is 2. The fourth-order valence-corrected chi connectivity index (χ4v) is 2.73. The quantitative estimate of drug-likeness (QED) is 0.478. The van der Waals surface area contributed by atoms with E-state index in [2.05, 4.69) is 24.1 Å². The van der Waals surface area contributed by atoms with Gasteiger partial charge in [-0.2, -0.15) is 0 Å². The van der Waals surface area contributed by atoms with Crippen molar-refractivity contribution in [2.75, 3.05) is 32.8 Å². The Labute approximate surface area is 133 Å². The van der Waals surface area contributed by atoms with Gasteiger partial charge in [0.15, 0.2) is 5.96 Å². The molecule has 2 heterocycles. The molecule has 0 aromatic carbocycles. The Morgan fingerprint density at radius 2 is 2.45 bits per heavy atom. The highest BCUT2D eigenvalue weighted by Gasteiger charge is 2.18. The Hall–Kier alpha value is -1.49. The lowest BCUT2D eigenvalue weighted by molar-refractivity contribution is 0.105. The third kappa shape index (κ3) is 5.72. The summed E-state index contributed by atoms with van der Waals surface area (Å²) in [5.41, 5.74) is 0. The highest BCUT2D eigenvalue weighted by molar-refractivity contribution is 5.80. The van der Waals surface area contributed by atoms with Crippen LogP contribution in [0.5, 0.6) is 0 Å². The van der Waals surface area contributed by atoms with Gasteiger partial charge in [-0.05, 0) is 44.2 Å². The number of likely N-dealkylation sites (tertiary alicyclic amines) is 1. The largest absolute Gasteiger partial charge is 0.467 e. The van der Waals surface area contributed by atoms with Crippen LogP contribution in [0.4, 0.5) is 0 Å². The number of piperidine rings is 1. The smallest absolute Gasteiger partial charge is 0.193 e. The van der Waals surface area contributed by atoms with E-state index >= 15 is 0 Å². The highest BCUT2D eigenvalue weighted by atomic mass is 16.5. The van der Waals surface area contributed by atoms with Gasteiger partial charge in [-0.25, -0.2) is 0 Å². The van der Waals surface area contributed by atoms with Crippen LogP contribution in [-0.4, -0.2) is 43.6 Å². The van der Waals surface area contributed by atoms with Crippen LogP contribution in [0.2, 0.25) is 0 Å². The molecule has 1 atom stereocenters. The van der Waals surface area contributed by atoms with E-state index < -0.39 is 0 Å². The lowest BCUT2D eigenvalue weighted by atomic mass is 10.0. The lowest BCUT2D eigenvalue weighted by Gasteiger charge is -2.33. The fraction of sp³-hybridized carbons (Fsp3) is 0.706. The lowest BCUT2D eigenvalue weighted by Crippen LogP contribution is -2.46. The number of hydrogen-bond acceptors (Lipinski definition) is 3. The Kier molecular flexibility index (Phi) is 7.30. The molecule has 0 saturated carbocycles. The monoisotopic (exact) mass is 307 g/mol. The summed E-state index contributed by atoms with van der Waals surface area (Å²) < 4.78 is 10.8. The van der Waals surface area contributed by atoms with Crippen molar-refractivity contribution in [2.45, 2.75) is 39.7 Å². The first-order chi connectivity index (χ1) is 10.8. The van der Waals surface area contributed by atoms with E-state index in [1.54, 1.807) is 6.26 Å². The topological polar surface area (TPSA) is 50.0 Å². The molecule has 5 heteroatoms. The first-order valence-corrected chi connectivity index (χ1v) is 8.43. The van der Waals surface area contributed by atoms with Crippen LogP contribution < -0.4 is 5.32 Å². The van der Waals surface area contributed by atoms with Gasteiger partial charge >= 0.3 is 0 Å². The molecule has 0 radical (unpaired) electrons. The van der Waals surface area contributed by atoms with Gasteiger partial charge in [0.1, 0.15) is 12.4 Å². The molecule has 0 amide bonds. The maximum absolute atomic E-state index is 5.59. The summed E-state index contributed by atoms with van der Waals surface area (Å²) in [5.74, 6) is 2.69. The van der Waals surface area contributed by atoms with Gasteiger partial charge in [0.2, 0.25) is 0 Å². The van der Waals surface area contributed by atoms with Crippen LogP contribution in [0.3, 0.4) is 0 Å². The van der Waals surface area contributed by atoms with Crippen molar-refractivity contribution in [3.8, 4) is 0 Å². The average Bonchev–Trinajstić information content (AvgIpc) is 3.03. The minimum Gasteiger partial charge on any atom is -0.467 e. The second kappa shape index (κ2) is 9.51. The zero-order valence-electron chi connectivity index (χ0n) is 13.9. The zero-order valence-corrected chi connectivity index (χ0v) is 13.9. The summed E-state index contributed by atoms with van der Waals surface area (Å²) in [7, 11) is 0. The zero-order chi connectivity index (χ0) is 15.6. The van der Waals surface area contributed by atoms with Gasteiger partial charge in [0.25, 0.3) is 0 Å². The molecule has 1 fully saturated rings. The van der Waals surface area contributed by atoms with Gasteiger partial charge in [0, 0.05) is 32.8 Å². The normalized spacial score (nSPS) is 19.5. The Morgan fingerprint density at radius 3 is 3.18 bits per heavy atom. The van der Waals surface area contributed by atoms with Crippen molar-refractivity contribution >= 4 is 5.96 Å². The van der Waals surface area contributed by atoms with Crippen molar-refractivity contribution in [1.29, 1.82) is 0 Å². The molecule has 1 aromatic rings. The van der Waals surface area contributed by atoms with E-state index in [9.17, 15) is 0 Å². The SMILES string of the molecule is CCNC(=NCCCOCc1ccco1)N1CCCC(C)C1. The minimum atomic E-state index is 0.542. The van der Waals surface area contributed by atoms with Crippen LogP contribution in [0, 0.1) is 5.92 Å². The Bertz CT molecular complexity index is 431. The number of ether oxygens (including phenoxy) is 1. The number of nitrogens with one attached hydrogen (secondary N) is 1. The van der Waals surface area contributed by atoms with Crippen molar-refractivity contribution in [3.05, 3.63) is 24.2 Å². The molecule has 1 aliphatic heterocycles. The van der Waals surface area contributed by atoms with Crippen LogP contribution in [0.15, 0.2) is 27.8 Å². The summed E-state index contributed by atoms with van der Waals surface area (Å²) >= 11 is 0. The molecular weight excluding hydrogens is 278 g/mol. The van der Waals surface area contributed by atoms with Gasteiger partial charge in [-0.1, -0.05) is 6.92 Å². The molecule has 2 rings (SSSR count). The minimum absolute atomic E-state index is 0.542. The first-order valence-electron chi connectivity index (χ1n) is 8.43. The van der Waals surface area contributed by atoms with Crippen molar-refractivity contribution in [1.82, 2.24) is 10.2 Å². The summed E-state index contributed by atoms with van der Waals surface area (Å²) in [5, 5.41) is 3.41. The molecule has 1 saturated heterocycles. The maximum Gasteiger partial charge on any atom is 0.193 e. The summed E-state index contributed by atoms with van der Waals surface area (Å²) in [4.78, 5) is 7.12. The van der Waals surface area contributed by atoms with Crippen LogP contribution in [0.25, 0.3) is 0 Å². The molecule has 0 aliphatic carbocycles. The van der Waals surface area contributed by atoms with E-state index in [1.165, 1.54) is 12.8 Å². The summed E-state index contributed by atoms with van der Waals surface area (Å²) in [6.07, 6.45) is 5.19. The van der Waals surface area contributed by atoms with Crippen molar-refractivity contribution in [3.63, 3.8) is 0 Å². The molecule has 1 unspecified atom stereocenters. The van der Waals surface area contributed by atoms with E-state index in [4.69, 9.17) is 14.1 Å². The highest BCUT2D eigenvalue weighted by Crippen LogP contribution is 2.15. The van der Waals surface area contributed by atoms with Crippen LogP contribution >= 0.6 is 0 Å². The van der Waals surface area contributed by atoms with E-state index in [0.29, 0.717) is 13.2 Å². The van der Waals surface area contributed by atoms with Gasteiger partial charge in [-0.3, -0.25) is 4.99 Å². The third-order valence-electron chi connectivity index (χ3n) is 3.82. The second-order valence-corrected chi connectivity index (χ2v) is 5.91. The Balaban J connectivity index is 1.68. The molecule has 0 bridgehead atoms. The van der Waals surface area contributed by atoms with Gasteiger partial charge < -0.3 is 19.4 Å². The van der Waals surface area contributed by atoms with E-state index in [0.717, 1.165) is 50.2 Å². The second-order valence-electron chi connectivity index (χ2n) is 5.91. The third-order valence-corrected chi connectivity index (χ3v) is 3.82. The molecular formula is C17H29N3O2.